The number of nitrogens with one attached hydrogen (secondary N) is 10. The number of carbonyl (C=O) groups excluding carboxylic acids is 11. The maximum absolute atomic E-state index is 14.4. The van der Waals surface area contributed by atoms with Crippen molar-refractivity contribution in [2.45, 2.75) is 278 Å². The van der Waals surface area contributed by atoms with Crippen LogP contribution in [0.4, 0.5) is 0 Å². The van der Waals surface area contributed by atoms with Crippen molar-refractivity contribution in [2.75, 3.05) is 32.8 Å². The Labute approximate surface area is 501 Å². The number of aliphatic hydroxyl groups excluding tert-OH is 1. The molecule has 0 aliphatic carbocycles. The van der Waals surface area contributed by atoms with Gasteiger partial charge in [0.25, 0.3) is 0 Å². The summed E-state index contributed by atoms with van der Waals surface area (Å²) >= 11 is 0. The zero-order valence-corrected chi connectivity index (χ0v) is 53.7. The van der Waals surface area contributed by atoms with Crippen molar-refractivity contribution in [2.24, 2.45) is 11.8 Å². The normalized spacial score (nSPS) is 15.4. The first-order valence-electron chi connectivity index (χ1n) is 31.2. The lowest BCUT2D eigenvalue weighted by Gasteiger charge is -2.34. The Kier molecular flexibility index (Phi) is 35.5. The van der Waals surface area contributed by atoms with Crippen molar-refractivity contribution in [1.29, 1.82) is 0 Å². The predicted octanol–water partition coefficient (Wildman–Crippen LogP) is 3.77. The van der Waals surface area contributed by atoms with Crippen LogP contribution in [0.3, 0.4) is 0 Å². The average molecular weight is 1190 g/mol. The molecular formula is C61H111N11O12. The Balaban J connectivity index is 3.32. The molecule has 1 aliphatic rings. The molecule has 0 aromatic carbocycles. The molecule has 1 unspecified atom stereocenters. The minimum Gasteiger partial charge on any atom is -0.395 e. The third-order valence-corrected chi connectivity index (χ3v) is 14.7. The molecule has 0 bridgehead atoms. The molecule has 6 atom stereocenters. The molecule has 0 radical (unpaired) electrons. The molecule has 23 heteroatoms. The van der Waals surface area contributed by atoms with Gasteiger partial charge in [0.2, 0.25) is 59.1 Å². The molecule has 1 rings (SSSR count). The van der Waals surface area contributed by atoms with Gasteiger partial charge in [0.05, 0.1) is 6.61 Å². The van der Waals surface area contributed by atoms with Crippen LogP contribution in [0.25, 0.3) is 0 Å². The maximum atomic E-state index is 14.4. The van der Waals surface area contributed by atoms with Crippen molar-refractivity contribution < 1.29 is 57.8 Å². The minimum atomic E-state index is -1.68. The van der Waals surface area contributed by atoms with Gasteiger partial charge in [-0.3, -0.25) is 52.7 Å². The molecule has 1 aliphatic heterocycles. The van der Waals surface area contributed by atoms with Gasteiger partial charge in [-0.15, -0.1) is 0 Å². The molecule has 0 aromatic rings. The summed E-state index contributed by atoms with van der Waals surface area (Å²) in [5.41, 5.74) is -4.93. The van der Waals surface area contributed by atoms with Gasteiger partial charge in [-0.1, -0.05) is 93.4 Å². The molecule has 1 heterocycles. The van der Waals surface area contributed by atoms with E-state index in [1.54, 1.807) is 0 Å². The number of likely N-dealkylation sites (tertiary alicyclic amines) is 1. The first-order valence-corrected chi connectivity index (χ1v) is 31.2. The van der Waals surface area contributed by atoms with E-state index in [0.717, 1.165) is 44.9 Å². The lowest BCUT2D eigenvalue weighted by molar-refractivity contribution is -0.141. The smallest absolute Gasteiger partial charge is 0.246 e. The van der Waals surface area contributed by atoms with E-state index in [9.17, 15) is 52.7 Å². The summed E-state index contributed by atoms with van der Waals surface area (Å²) in [4.78, 5) is 152. The van der Waals surface area contributed by atoms with Gasteiger partial charge in [0, 0.05) is 57.9 Å². The first kappa shape index (κ1) is 76.3. The SMILES string of the molecule is CCCCCCCC[C@H](NC(=O)C(C)(C)NC(=O)C(C)(C)NC(=O)[C@H](CCCC(=O)CCCC)NC(=O)C1CCCN1C(=O)CCC)C(=O)N[C@@H](CC(C)C)C(=O)NC(C)(C)C(=O)N[C@@H](CC(C)C)C(=O)NCCC(=O)N[C@@H](C)CNCCO. The quantitative estimate of drug-likeness (QED) is 0.0388. The molecule has 0 saturated carbocycles. The fourth-order valence-electron chi connectivity index (χ4n) is 9.61. The highest BCUT2D eigenvalue weighted by Crippen LogP contribution is 2.21. The second-order valence-electron chi connectivity index (χ2n) is 25.3. The van der Waals surface area contributed by atoms with Crippen LogP contribution in [0.15, 0.2) is 0 Å². The number of rotatable bonds is 43. The van der Waals surface area contributed by atoms with Crippen molar-refractivity contribution in [3.8, 4) is 0 Å². The maximum Gasteiger partial charge on any atom is 0.246 e. The van der Waals surface area contributed by atoms with E-state index in [0.29, 0.717) is 51.7 Å². The van der Waals surface area contributed by atoms with Crippen LogP contribution in [0.5, 0.6) is 0 Å². The van der Waals surface area contributed by atoms with Crippen molar-refractivity contribution in [1.82, 2.24) is 58.1 Å². The number of unbranched alkanes of at least 4 members (excludes halogenated alkanes) is 6. The third kappa shape index (κ3) is 29.4. The van der Waals surface area contributed by atoms with E-state index >= 15 is 0 Å². The number of hydrogen-bond donors (Lipinski definition) is 11. The average Bonchev–Trinajstić information content (AvgIpc) is 3.91. The van der Waals surface area contributed by atoms with Crippen molar-refractivity contribution in [3.05, 3.63) is 0 Å². The highest BCUT2D eigenvalue weighted by Gasteiger charge is 2.42. The monoisotopic (exact) mass is 1190 g/mol. The molecule has 84 heavy (non-hydrogen) atoms. The van der Waals surface area contributed by atoms with Crippen LogP contribution in [-0.2, 0) is 52.7 Å². The fourth-order valence-corrected chi connectivity index (χ4v) is 9.61. The molecule has 23 nitrogen and oxygen atoms in total. The second kappa shape index (κ2) is 39.1. The zero-order valence-electron chi connectivity index (χ0n) is 53.7. The van der Waals surface area contributed by atoms with Crippen LogP contribution in [0.2, 0.25) is 0 Å². The van der Waals surface area contributed by atoms with Gasteiger partial charge in [0.1, 0.15) is 52.6 Å². The molecule has 1 fully saturated rings. The molecule has 0 aromatic heterocycles. The van der Waals surface area contributed by atoms with E-state index in [1.165, 1.54) is 46.4 Å². The number of carbonyl (C=O) groups is 11. The second-order valence-corrected chi connectivity index (χ2v) is 25.3. The number of hydrogen-bond acceptors (Lipinski definition) is 13. The molecule has 11 N–H and O–H groups in total. The standard InChI is InChI=1S/C61H111N11O12/c1-15-18-20-21-22-23-29-44(52(78)66-47(38-41(6)7)54(80)70-59(9,10)56(82)68-46(37-40(4)5)51(77)63-33-32-49(75)64-42(8)39-62-34-36-73)67-57(83)60(11,12)71-58(84)61(13,14)69-53(79)45(30-24-28-43(74)27-19-16-2)65-55(81)48-31-25-35-72(48)50(76)26-17-3/h40-42,44-48,62,73H,15-39H2,1-14H3,(H,63,77)(H,64,75)(H,65,81)(H,66,78)(H,67,83)(H,68,82)(H,69,79)(H,70,80)(H,71,84)/t42-,44-,45-,46-,47-,48?/m0/s1. The summed E-state index contributed by atoms with van der Waals surface area (Å²) < 4.78 is 0. The van der Waals surface area contributed by atoms with Gasteiger partial charge in [0.15, 0.2) is 0 Å². The fraction of sp³-hybridized carbons (Fsp3) is 0.820. The number of nitrogens with zero attached hydrogens (tertiary/aromatic N) is 1. The van der Waals surface area contributed by atoms with Crippen molar-refractivity contribution in [3.63, 3.8) is 0 Å². The summed E-state index contributed by atoms with van der Waals surface area (Å²) in [5, 5.41) is 37.0. The van der Waals surface area contributed by atoms with Gasteiger partial charge in [-0.25, -0.2) is 0 Å². The largest absolute Gasteiger partial charge is 0.395 e. The van der Waals surface area contributed by atoms with Gasteiger partial charge in [-0.05, 0) is 118 Å². The molecule has 482 valence electrons. The Hall–Kier alpha value is -5.71. The van der Waals surface area contributed by atoms with E-state index in [-0.39, 0.29) is 100.0 Å². The van der Waals surface area contributed by atoms with Gasteiger partial charge in [-0.2, -0.15) is 0 Å². The lowest BCUT2D eigenvalue weighted by atomic mass is 9.96. The minimum absolute atomic E-state index is 0.00736. The van der Waals surface area contributed by atoms with Crippen LogP contribution in [-0.4, -0.2) is 161 Å². The Morgan fingerprint density at radius 3 is 1.61 bits per heavy atom. The van der Waals surface area contributed by atoms with Crippen molar-refractivity contribution >= 4 is 64.9 Å². The van der Waals surface area contributed by atoms with E-state index in [2.05, 4.69) is 60.1 Å². The van der Waals surface area contributed by atoms with Crippen LogP contribution in [0.1, 0.15) is 225 Å². The third-order valence-electron chi connectivity index (χ3n) is 14.7. The molecule has 10 amide bonds. The van der Waals surface area contributed by atoms with E-state index in [1.807, 2.05) is 48.5 Å². The summed E-state index contributed by atoms with van der Waals surface area (Å²) in [7, 11) is 0. The summed E-state index contributed by atoms with van der Waals surface area (Å²) in [6, 6.07) is -5.49. The van der Waals surface area contributed by atoms with Crippen LogP contribution < -0.4 is 53.2 Å². The summed E-state index contributed by atoms with van der Waals surface area (Å²) in [6.45, 7) is 25.2. The number of Topliss-reactive ketones (excluding diaryl/α,β-unsaturated/α-hetero) is 1. The van der Waals surface area contributed by atoms with E-state index in [4.69, 9.17) is 5.11 Å². The Bertz CT molecular complexity index is 2130. The lowest BCUT2D eigenvalue weighted by Crippen LogP contribution is -2.66. The first-order chi connectivity index (χ1) is 39.3. The molecular weight excluding hydrogens is 1080 g/mol. The highest BCUT2D eigenvalue weighted by molar-refractivity contribution is 6.00. The number of ketones is 1. The van der Waals surface area contributed by atoms with Crippen LogP contribution >= 0.6 is 0 Å². The predicted molar refractivity (Wildman–Crippen MR) is 325 cm³/mol. The Morgan fingerprint density at radius 1 is 0.512 bits per heavy atom. The van der Waals surface area contributed by atoms with Crippen LogP contribution in [0, 0.1) is 11.8 Å². The molecule has 1 saturated heterocycles. The number of aliphatic hydroxyl groups is 1. The van der Waals surface area contributed by atoms with Gasteiger partial charge >= 0.3 is 0 Å². The Morgan fingerprint density at radius 2 is 1.02 bits per heavy atom. The topological polar surface area (TPSA) is 332 Å². The highest BCUT2D eigenvalue weighted by atomic mass is 16.3. The van der Waals surface area contributed by atoms with E-state index < -0.39 is 94.1 Å². The summed E-state index contributed by atoms with van der Waals surface area (Å²) in [6.07, 6.45) is 10.3. The summed E-state index contributed by atoms with van der Waals surface area (Å²) in [5.74, 6) is -5.77. The van der Waals surface area contributed by atoms with Gasteiger partial charge < -0.3 is 63.2 Å². The number of amides is 10. The zero-order chi connectivity index (χ0) is 63.8. The molecule has 0 spiro atoms.